The average Bonchev–Trinajstić information content (AvgIpc) is 3.20. The number of unbranched alkanes of at least 4 members (excludes halogenated alkanes) is 3. The monoisotopic (exact) mass is 772 g/mol. The summed E-state index contributed by atoms with van der Waals surface area (Å²) in [6.45, 7) is 3.66. The minimum atomic E-state index is -4.52. The molecule has 9 rings (SSSR count). The molecule has 6 aromatic rings. The van der Waals surface area contributed by atoms with Gasteiger partial charge in [0.1, 0.15) is 38.7 Å². The molecule has 3 unspecified atom stereocenters. The second kappa shape index (κ2) is 16.7. The van der Waals surface area contributed by atoms with E-state index in [0.717, 1.165) is 52.6 Å². The maximum absolute atomic E-state index is 12.2. The molecule has 3 atom stereocenters. The third-order valence-electron chi connectivity index (χ3n) is 11.1. The lowest BCUT2D eigenvalue weighted by Gasteiger charge is -2.38. The first-order valence-electron chi connectivity index (χ1n) is 19.3. The molecule has 3 aromatic carbocycles. The lowest BCUT2D eigenvalue weighted by atomic mass is 9.67. The number of nitrogens with one attached hydrogen (secondary N) is 1. The number of pyridine rings is 3. The van der Waals surface area contributed by atoms with Gasteiger partial charge in [-0.05, 0) is 123 Å². The van der Waals surface area contributed by atoms with Crippen LogP contribution in [0.2, 0.25) is 0 Å². The Hall–Kier alpha value is -4.57. The Morgan fingerprint density at radius 3 is 2.00 bits per heavy atom. The number of rotatable bonds is 16. The fourth-order valence-electron chi connectivity index (χ4n) is 8.28. The van der Waals surface area contributed by atoms with E-state index in [0.29, 0.717) is 29.1 Å². The van der Waals surface area contributed by atoms with Crippen molar-refractivity contribution in [2.24, 2.45) is 17.8 Å². The summed E-state index contributed by atoms with van der Waals surface area (Å²) < 4.78 is 54.0. The Bertz CT molecular complexity index is 2460. The average molecular weight is 773 g/mol. The highest BCUT2D eigenvalue weighted by Crippen LogP contribution is 2.42. The second-order valence-corrected chi connectivity index (χ2v) is 17.4. The van der Waals surface area contributed by atoms with E-state index in [-0.39, 0.29) is 21.5 Å². The van der Waals surface area contributed by atoms with Crippen molar-refractivity contribution in [2.45, 2.75) is 69.7 Å². The van der Waals surface area contributed by atoms with Crippen molar-refractivity contribution in [3.63, 3.8) is 0 Å². The molecule has 3 aliphatic rings. The van der Waals surface area contributed by atoms with Gasteiger partial charge in [0, 0.05) is 41.3 Å². The van der Waals surface area contributed by atoms with E-state index in [4.69, 9.17) is 16.3 Å². The maximum Gasteiger partial charge on any atom is 1.20 e. The number of hydrogen-bond acceptors (Lipinski definition) is 9. The van der Waals surface area contributed by atoms with Gasteiger partial charge in [0.15, 0.2) is 0 Å². The Kier molecular flexibility index (Phi) is 11.3. The first-order valence-corrected chi connectivity index (χ1v) is 22.1. The predicted octanol–water partition coefficient (Wildman–Crippen LogP) is 9.05. The van der Waals surface area contributed by atoms with Crippen LogP contribution in [-0.4, -0.2) is 49.6 Å². The van der Waals surface area contributed by atoms with Gasteiger partial charge >= 0.3 is 15.1 Å². The van der Waals surface area contributed by atoms with Crippen molar-refractivity contribution in [3.05, 3.63) is 115 Å². The smallest absolute Gasteiger partial charge is 0.576 e. The van der Waals surface area contributed by atoms with Gasteiger partial charge in [-0.25, -0.2) is 0 Å². The molecule has 1 fully saturated rings. The zero-order valence-corrected chi connectivity index (χ0v) is 32.9. The zero-order valence-electron chi connectivity index (χ0n) is 30.9. The van der Waals surface area contributed by atoms with E-state index in [1.807, 2.05) is 55.5 Å². The van der Waals surface area contributed by atoms with Crippen LogP contribution in [-0.2, 0) is 16.7 Å². The minimum absolute atomic E-state index is 0.213. The van der Waals surface area contributed by atoms with Gasteiger partial charge in [-0.3, -0.25) is 19.5 Å². The molecule has 0 aliphatic heterocycles. The molecule has 2 N–H and O–H groups in total. The molecule has 0 amide bonds. The Morgan fingerprint density at radius 2 is 1.35 bits per heavy atom. The normalized spacial score (nSPS) is 17.9. The van der Waals surface area contributed by atoms with E-state index in [1.165, 1.54) is 63.3 Å². The molecular weight excluding hydrogens is 728 g/mol. The molecular formula is C43H45AlN4O6S. The van der Waals surface area contributed by atoms with Crippen LogP contribution in [0.1, 0.15) is 62.5 Å². The zero-order chi connectivity index (χ0) is 37.8. The van der Waals surface area contributed by atoms with Crippen LogP contribution in [0.3, 0.4) is 0 Å². The van der Waals surface area contributed by atoms with Gasteiger partial charge < -0.3 is 16.7 Å². The van der Waals surface area contributed by atoms with Crippen molar-refractivity contribution < 1.29 is 24.3 Å². The van der Waals surface area contributed by atoms with Crippen LogP contribution in [0.15, 0.2) is 108 Å². The SMILES string of the molecule is Cc1ccc([O][Al]([O]c2ccc(CNCCCCCCC3CC4C=CC3CC4)c3cccnc23)[O]c2ccc(S(=O)(=O)O)c3cccnc23)c2ncccc12. The quantitative estimate of drug-likeness (QED) is 0.0425. The van der Waals surface area contributed by atoms with Gasteiger partial charge in [0.25, 0.3) is 10.1 Å². The fraction of sp³-hybridized carbons (Fsp3) is 0.326. The van der Waals surface area contributed by atoms with Crippen molar-refractivity contribution >= 4 is 58.0 Å². The molecule has 3 heterocycles. The lowest BCUT2D eigenvalue weighted by molar-refractivity contribution is 0.205. The van der Waals surface area contributed by atoms with Gasteiger partial charge in [-0.15, -0.1) is 0 Å². The Morgan fingerprint density at radius 1 is 0.727 bits per heavy atom. The summed E-state index contributed by atoms with van der Waals surface area (Å²) in [6, 6.07) is 21.5. The molecule has 0 saturated heterocycles. The van der Waals surface area contributed by atoms with Crippen molar-refractivity contribution in [1.29, 1.82) is 0 Å². The number of allylic oxidation sites excluding steroid dienone is 2. The van der Waals surface area contributed by atoms with Crippen LogP contribution in [0.25, 0.3) is 32.7 Å². The first kappa shape index (κ1) is 37.4. The van der Waals surface area contributed by atoms with E-state index >= 15 is 0 Å². The lowest BCUT2D eigenvalue weighted by Crippen LogP contribution is -2.37. The molecule has 0 radical (unpaired) electrons. The number of fused-ring (bicyclic) bond motifs is 5. The van der Waals surface area contributed by atoms with Gasteiger partial charge in [-0.1, -0.05) is 55.7 Å². The third-order valence-corrected chi connectivity index (χ3v) is 13.4. The summed E-state index contributed by atoms with van der Waals surface area (Å²) >= 11 is -3.23. The molecule has 12 heteroatoms. The summed E-state index contributed by atoms with van der Waals surface area (Å²) in [5.41, 5.74) is 3.74. The highest BCUT2D eigenvalue weighted by atomic mass is 32.2. The standard InChI is InChI=1S/C24H32N2O.C10H9NO.C9H7NO4S.Al/c27-23-13-12-21(22-7-5-15-26-24(22)23)17-25-14-4-2-1-3-6-20-16-18-8-10-19(20)11-9-18;1-7-4-5-9(12)10-8(7)3-2-6-11-10;11-7-3-4-8(15(12,13)14)6-2-1-5-10-9(6)7;/h5,7-8,10,12-13,15,18-20,25,27H,1-4,6,9,11,14,16-17H2;2-6,12H,1H3;1-5,11H,(H,12,13,14);/q;;;+3/p-3. The molecule has 55 heavy (non-hydrogen) atoms. The number of hydrogen-bond donors (Lipinski definition) is 2. The molecule has 2 bridgehead atoms. The van der Waals surface area contributed by atoms with E-state index < -0.39 is 25.3 Å². The van der Waals surface area contributed by atoms with Crippen molar-refractivity contribution in [2.75, 3.05) is 6.54 Å². The van der Waals surface area contributed by atoms with Crippen LogP contribution in [0, 0.1) is 24.7 Å². The summed E-state index contributed by atoms with van der Waals surface area (Å²) in [7, 11) is -4.52. The number of benzene rings is 3. The molecule has 10 nitrogen and oxygen atoms in total. The highest BCUT2D eigenvalue weighted by Gasteiger charge is 2.46. The largest absolute Gasteiger partial charge is 1.20 e. The topological polar surface area (TPSA) is 133 Å². The van der Waals surface area contributed by atoms with Crippen LogP contribution in [0.5, 0.6) is 17.2 Å². The van der Waals surface area contributed by atoms with Crippen molar-refractivity contribution in [1.82, 2.24) is 20.3 Å². The second-order valence-electron chi connectivity index (χ2n) is 14.7. The maximum atomic E-state index is 12.2. The molecule has 3 aliphatic carbocycles. The van der Waals surface area contributed by atoms with Gasteiger partial charge in [0.05, 0.1) is 0 Å². The summed E-state index contributed by atoms with van der Waals surface area (Å²) in [6.07, 6.45) is 20.5. The van der Waals surface area contributed by atoms with Crippen LogP contribution < -0.4 is 16.7 Å². The van der Waals surface area contributed by atoms with Crippen LogP contribution in [0.4, 0.5) is 0 Å². The minimum Gasteiger partial charge on any atom is -0.576 e. The summed E-state index contributed by atoms with van der Waals surface area (Å²) in [5, 5.41) is 5.75. The van der Waals surface area contributed by atoms with Crippen LogP contribution >= 0.6 is 0 Å². The van der Waals surface area contributed by atoms with E-state index in [2.05, 4.69) is 27.4 Å². The third kappa shape index (κ3) is 8.49. The molecule has 1 saturated carbocycles. The van der Waals surface area contributed by atoms with Gasteiger partial charge in [-0.2, -0.15) is 8.42 Å². The Labute approximate surface area is 327 Å². The Balaban J connectivity index is 0.985. The molecule has 3 aromatic heterocycles. The predicted molar refractivity (Wildman–Crippen MR) is 216 cm³/mol. The van der Waals surface area contributed by atoms with E-state index in [9.17, 15) is 13.0 Å². The summed E-state index contributed by atoms with van der Waals surface area (Å²) in [5.74, 6) is 3.81. The summed E-state index contributed by atoms with van der Waals surface area (Å²) in [4.78, 5) is 13.5. The number of aryl methyl sites for hydroxylation is 1. The fourth-order valence-corrected chi connectivity index (χ4v) is 10.3. The van der Waals surface area contributed by atoms with Gasteiger partial charge in [0.2, 0.25) is 0 Å². The van der Waals surface area contributed by atoms with Crippen molar-refractivity contribution in [3.8, 4) is 17.2 Å². The molecule has 0 spiro atoms. The van der Waals surface area contributed by atoms with E-state index in [1.54, 1.807) is 24.5 Å². The first-order chi connectivity index (χ1) is 26.8. The number of aromatic nitrogens is 3. The molecule has 282 valence electrons. The highest BCUT2D eigenvalue weighted by molar-refractivity contribution is 7.86. The number of nitrogens with zero attached hydrogens (tertiary/aromatic N) is 3.